The molecule has 1 N–H and O–H groups in total. The molecule has 110 valence electrons. The minimum atomic E-state index is -0.0435. The van der Waals surface area contributed by atoms with Gasteiger partial charge in [-0.05, 0) is 53.9 Å². The van der Waals surface area contributed by atoms with Crippen LogP contribution in [-0.2, 0) is 0 Å². The molecular formula is C18H20BrNO. The van der Waals surface area contributed by atoms with Crippen LogP contribution < -0.4 is 5.32 Å². The topological polar surface area (TPSA) is 29.1 Å². The molecule has 0 aliphatic heterocycles. The van der Waals surface area contributed by atoms with Crippen LogP contribution in [0.3, 0.4) is 0 Å². The lowest BCUT2D eigenvalue weighted by Crippen LogP contribution is -2.28. The van der Waals surface area contributed by atoms with Crippen LogP contribution in [0, 0.1) is 13.8 Å². The molecule has 0 aromatic heterocycles. The van der Waals surface area contributed by atoms with E-state index in [1.807, 2.05) is 25.1 Å². The Morgan fingerprint density at radius 2 is 1.71 bits per heavy atom. The number of halogens is 1. The summed E-state index contributed by atoms with van der Waals surface area (Å²) in [7, 11) is 0. The maximum Gasteiger partial charge on any atom is 0.252 e. The van der Waals surface area contributed by atoms with Crippen molar-refractivity contribution in [3.63, 3.8) is 0 Å². The van der Waals surface area contributed by atoms with Gasteiger partial charge in [0, 0.05) is 4.47 Å². The lowest BCUT2D eigenvalue weighted by molar-refractivity contribution is 0.0934. The van der Waals surface area contributed by atoms with Crippen LogP contribution in [0.5, 0.6) is 0 Å². The first-order valence-electron chi connectivity index (χ1n) is 7.15. The van der Waals surface area contributed by atoms with Crippen molar-refractivity contribution in [2.45, 2.75) is 33.2 Å². The van der Waals surface area contributed by atoms with Gasteiger partial charge in [-0.3, -0.25) is 4.79 Å². The Labute approximate surface area is 134 Å². The standard InChI is InChI=1S/C18H20BrNO/c1-4-17(14-8-5-12(2)6-9-14)20-18(21)15-11-13(3)7-10-16(15)19/h5-11,17H,4H2,1-3H3,(H,20,21). The number of nitrogens with one attached hydrogen (secondary N) is 1. The highest BCUT2D eigenvalue weighted by molar-refractivity contribution is 9.10. The molecule has 2 nitrogen and oxygen atoms in total. The molecule has 1 atom stereocenters. The predicted octanol–water partition coefficient (Wildman–Crippen LogP) is 4.95. The molecule has 2 aromatic carbocycles. The maximum absolute atomic E-state index is 12.5. The first kappa shape index (κ1) is 15.8. The number of benzene rings is 2. The molecule has 0 aliphatic rings. The molecule has 0 bridgehead atoms. The molecule has 0 saturated heterocycles. The van der Waals surface area contributed by atoms with Gasteiger partial charge in [0.1, 0.15) is 0 Å². The maximum atomic E-state index is 12.5. The van der Waals surface area contributed by atoms with Crippen molar-refractivity contribution >= 4 is 21.8 Å². The van der Waals surface area contributed by atoms with E-state index >= 15 is 0 Å². The number of rotatable bonds is 4. The number of hydrogen-bond acceptors (Lipinski definition) is 1. The lowest BCUT2D eigenvalue weighted by atomic mass is 10.0. The van der Waals surface area contributed by atoms with Crippen LogP contribution in [0.15, 0.2) is 46.9 Å². The Bertz CT molecular complexity index is 634. The zero-order valence-electron chi connectivity index (χ0n) is 12.6. The second-order valence-electron chi connectivity index (χ2n) is 5.33. The molecule has 2 aromatic rings. The van der Waals surface area contributed by atoms with Gasteiger partial charge < -0.3 is 5.32 Å². The van der Waals surface area contributed by atoms with Crippen LogP contribution in [0.4, 0.5) is 0 Å². The van der Waals surface area contributed by atoms with Crippen LogP contribution in [0.1, 0.15) is 46.4 Å². The molecule has 2 rings (SSSR count). The number of hydrogen-bond donors (Lipinski definition) is 1. The predicted molar refractivity (Wildman–Crippen MR) is 90.6 cm³/mol. The van der Waals surface area contributed by atoms with Crippen molar-refractivity contribution in [2.24, 2.45) is 0 Å². The van der Waals surface area contributed by atoms with E-state index in [0.717, 1.165) is 22.0 Å². The number of carbonyl (C=O) groups excluding carboxylic acids is 1. The summed E-state index contributed by atoms with van der Waals surface area (Å²) in [6, 6.07) is 14.1. The molecule has 0 saturated carbocycles. The lowest BCUT2D eigenvalue weighted by Gasteiger charge is -2.18. The van der Waals surface area contributed by atoms with Gasteiger partial charge in [0.05, 0.1) is 11.6 Å². The molecule has 3 heteroatoms. The van der Waals surface area contributed by atoms with Crippen molar-refractivity contribution in [2.75, 3.05) is 0 Å². The minimum Gasteiger partial charge on any atom is -0.345 e. The van der Waals surface area contributed by atoms with Gasteiger partial charge in [0.25, 0.3) is 5.91 Å². The molecule has 0 aliphatic carbocycles. The average molecular weight is 346 g/mol. The van der Waals surface area contributed by atoms with Gasteiger partial charge in [0.15, 0.2) is 0 Å². The number of amides is 1. The van der Waals surface area contributed by atoms with Gasteiger partial charge in [0.2, 0.25) is 0 Å². The summed E-state index contributed by atoms with van der Waals surface area (Å²) in [5.41, 5.74) is 4.12. The van der Waals surface area contributed by atoms with Crippen LogP contribution in [-0.4, -0.2) is 5.91 Å². The third kappa shape index (κ3) is 3.94. The van der Waals surface area contributed by atoms with Gasteiger partial charge in [-0.15, -0.1) is 0 Å². The Kier molecular flexibility index (Phi) is 5.18. The molecule has 0 heterocycles. The van der Waals surface area contributed by atoms with E-state index in [2.05, 4.69) is 59.4 Å². The molecule has 21 heavy (non-hydrogen) atoms. The average Bonchev–Trinajstić information content (AvgIpc) is 2.48. The quantitative estimate of drug-likeness (QED) is 0.834. The van der Waals surface area contributed by atoms with E-state index in [0.29, 0.717) is 5.56 Å². The second-order valence-corrected chi connectivity index (χ2v) is 6.18. The molecule has 0 radical (unpaired) electrons. The fourth-order valence-corrected chi connectivity index (χ4v) is 2.70. The van der Waals surface area contributed by atoms with Gasteiger partial charge in [-0.1, -0.05) is 48.4 Å². The fourth-order valence-electron chi connectivity index (χ4n) is 2.27. The zero-order valence-corrected chi connectivity index (χ0v) is 14.2. The Balaban J connectivity index is 2.20. The van der Waals surface area contributed by atoms with E-state index in [-0.39, 0.29) is 11.9 Å². The normalized spacial score (nSPS) is 12.0. The largest absolute Gasteiger partial charge is 0.345 e. The van der Waals surface area contributed by atoms with Crippen LogP contribution >= 0.6 is 15.9 Å². The summed E-state index contributed by atoms with van der Waals surface area (Å²) in [6.07, 6.45) is 0.859. The highest BCUT2D eigenvalue weighted by Crippen LogP contribution is 2.21. The van der Waals surface area contributed by atoms with Gasteiger partial charge in [-0.25, -0.2) is 0 Å². The summed E-state index contributed by atoms with van der Waals surface area (Å²) < 4.78 is 0.823. The first-order valence-corrected chi connectivity index (χ1v) is 7.94. The van der Waals surface area contributed by atoms with Gasteiger partial charge in [-0.2, -0.15) is 0 Å². The van der Waals surface area contributed by atoms with Crippen molar-refractivity contribution in [1.29, 1.82) is 0 Å². The van der Waals surface area contributed by atoms with E-state index in [4.69, 9.17) is 0 Å². The molecule has 0 fully saturated rings. The summed E-state index contributed by atoms with van der Waals surface area (Å²) in [6.45, 7) is 6.13. The third-order valence-corrected chi connectivity index (χ3v) is 4.25. The summed E-state index contributed by atoms with van der Waals surface area (Å²) in [5.74, 6) is -0.0435. The summed E-state index contributed by atoms with van der Waals surface area (Å²) in [4.78, 5) is 12.5. The van der Waals surface area contributed by atoms with Crippen molar-refractivity contribution in [1.82, 2.24) is 5.32 Å². The highest BCUT2D eigenvalue weighted by Gasteiger charge is 2.16. The first-order chi connectivity index (χ1) is 10.0. The Hall–Kier alpha value is -1.61. The number of aryl methyl sites for hydroxylation is 2. The summed E-state index contributed by atoms with van der Waals surface area (Å²) >= 11 is 3.45. The Morgan fingerprint density at radius 3 is 2.33 bits per heavy atom. The second kappa shape index (κ2) is 6.90. The van der Waals surface area contributed by atoms with E-state index in [1.165, 1.54) is 5.56 Å². The third-order valence-electron chi connectivity index (χ3n) is 3.56. The van der Waals surface area contributed by atoms with Gasteiger partial charge >= 0.3 is 0 Å². The zero-order chi connectivity index (χ0) is 15.4. The van der Waals surface area contributed by atoms with Crippen LogP contribution in [0.2, 0.25) is 0 Å². The SMILES string of the molecule is CCC(NC(=O)c1cc(C)ccc1Br)c1ccc(C)cc1. The van der Waals surface area contributed by atoms with Crippen molar-refractivity contribution in [3.05, 3.63) is 69.2 Å². The monoisotopic (exact) mass is 345 g/mol. The van der Waals surface area contributed by atoms with E-state index in [1.54, 1.807) is 0 Å². The fraction of sp³-hybridized carbons (Fsp3) is 0.278. The van der Waals surface area contributed by atoms with E-state index < -0.39 is 0 Å². The van der Waals surface area contributed by atoms with Crippen LogP contribution in [0.25, 0.3) is 0 Å². The van der Waals surface area contributed by atoms with E-state index in [9.17, 15) is 4.79 Å². The molecule has 1 unspecified atom stereocenters. The summed E-state index contributed by atoms with van der Waals surface area (Å²) in [5, 5.41) is 3.12. The highest BCUT2D eigenvalue weighted by atomic mass is 79.9. The molecule has 1 amide bonds. The van der Waals surface area contributed by atoms with Crippen molar-refractivity contribution in [3.8, 4) is 0 Å². The molecular weight excluding hydrogens is 326 g/mol. The minimum absolute atomic E-state index is 0.0329. The Morgan fingerprint density at radius 1 is 1.10 bits per heavy atom. The smallest absolute Gasteiger partial charge is 0.252 e. The van der Waals surface area contributed by atoms with Crippen molar-refractivity contribution < 1.29 is 4.79 Å². The molecule has 0 spiro atoms. The number of carbonyl (C=O) groups is 1.